The average molecular weight is 592 g/mol. The smallest absolute Gasteiger partial charge is 0.124 e. The summed E-state index contributed by atoms with van der Waals surface area (Å²) in [6, 6.07) is 20.5. The Kier molecular flexibility index (Phi) is 7.75. The van der Waals surface area contributed by atoms with Crippen LogP contribution in [-0.4, -0.2) is 46.4 Å². The van der Waals surface area contributed by atoms with Crippen LogP contribution in [0.1, 0.15) is 50.6 Å². The molecule has 3 unspecified atom stereocenters. The van der Waals surface area contributed by atoms with Crippen LogP contribution >= 0.6 is 0 Å². The minimum absolute atomic E-state index is 0.180. The summed E-state index contributed by atoms with van der Waals surface area (Å²) in [6.07, 6.45) is 3.31. The van der Waals surface area contributed by atoms with Crippen molar-refractivity contribution in [1.29, 1.82) is 0 Å². The first-order chi connectivity index (χ1) is 21.3. The quantitative estimate of drug-likeness (QED) is 0.245. The monoisotopic (exact) mass is 591 g/mol. The van der Waals surface area contributed by atoms with E-state index in [0.717, 1.165) is 82.4 Å². The van der Waals surface area contributed by atoms with Crippen molar-refractivity contribution in [1.82, 2.24) is 20.2 Å². The summed E-state index contributed by atoms with van der Waals surface area (Å²) >= 11 is 0. The fourth-order valence-corrected chi connectivity index (χ4v) is 6.80. The van der Waals surface area contributed by atoms with Crippen LogP contribution in [0.25, 0.3) is 22.2 Å². The molecule has 1 aromatic heterocycles. The molecule has 2 N–H and O–H groups in total. The lowest BCUT2D eigenvalue weighted by Crippen LogP contribution is -2.41. The number of hydrogen-bond donors (Lipinski definition) is 2. The highest BCUT2D eigenvalue weighted by atomic mass is 19.1. The molecule has 6 nitrogen and oxygen atoms in total. The Balaban J connectivity index is 1.25. The number of H-pyrrole nitrogens is 1. The Morgan fingerprint density at radius 2 is 1.77 bits per heavy atom. The number of allylic oxidation sites excluding steroid dienone is 1. The number of aromatic amines is 1. The molecule has 7 heteroatoms. The predicted octanol–water partition coefficient (Wildman–Crippen LogP) is 7.44. The van der Waals surface area contributed by atoms with Crippen molar-refractivity contribution in [3.8, 4) is 16.9 Å². The molecule has 2 aliphatic heterocycles. The maximum absolute atomic E-state index is 13.8. The lowest BCUT2D eigenvalue weighted by atomic mass is 9.77. The van der Waals surface area contributed by atoms with Crippen LogP contribution < -0.4 is 10.1 Å². The lowest BCUT2D eigenvalue weighted by molar-refractivity contribution is 0.271. The minimum atomic E-state index is -0.199. The Labute approximate surface area is 259 Å². The second kappa shape index (κ2) is 11.8. The maximum Gasteiger partial charge on any atom is 0.124 e. The summed E-state index contributed by atoms with van der Waals surface area (Å²) in [5.74, 6) is 3.69. The number of halogens is 1. The van der Waals surface area contributed by atoms with Crippen LogP contribution in [0.3, 0.4) is 0 Å². The fraction of sp³-hybridized carbons (Fsp3) is 0.405. The number of fused-ring (bicyclic) bond motifs is 2. The number of imidazole rings is 1. The summed E-state index contributed by atoms with van der Waals surface area (Å²) in [4.78, 5) is 15.9. The van der Waals surface area contributed by atoms with E-state index in [2.05, 4.69) is 77.4 Å². The molecule has 0 saturated heterocycles. The third-order valence-corrected chi connectivity index (χ3v) is 9.95. The van der Waals surface area contributed by atoms with Gasteiger partial charge in [0, 0.05) is 30.6 Å². The molecule has 3 aromatic carbocycles. The average Bonchev–Trinajstić information content (AvgIpc) is 3.82. The largest absolute Gasteiger partial charge is 0.491 e. The Bertz CT molecular complexity index is 1730. The van der Waals surface area contributed by atoms with Crippen LogP contribution in [0.2, 0.25) is 0 Å². The van der Waals surface area contributed by atoms with E-state index in [9.17, 15) is 4.39 Å². The molecule has 1 fully saturated rings. The van der Waals surface area contributed by atoms with Crippen molar-refractivity contribution >= 4 is 16.9 Å². The van der Waals surface area contributed by atoms with E-state index in [0.29, 0.717) is 24.5 Å². The van der Waals surface area contributed by atoms with E-state index >= 15 is 0 Å². The van der Waals surface area contributed by atoms with Gasteiger partial charge in [-0.15, -0.1) is 0 Å². The number of ether oxygens (including phenoxy) is 1. The number of nitrogens with zero attached hydrogens (tertiary/aromatic N) is 3. The highest BCUT2D eigenvalue weighted by Crippen LogP contribution is 2.38. The number of aliphatic imine (C=N–C) groups is 1. The SMILES string of the molecule is CC1=C(CNC2CC2)N=C(N2CCOc3ccc(-c4ccc5nc(C)[nH]c5c4)cc3C2)C(Cc2ccc(F)cc2)C(C)C1C. The van der Waals surface area contributed by atoms with E-state index in [-0.39, 0.29) is 11.7 Å². The van der Waals surface area contributed by atoms with Crippen molar-refractivity contribution in [3.63, 3.8) is 0 Å². The van der Waals surface area contributed by atoms with Gasteiger partial charge in [0.25, 0.3) is 0 Å². The van der Waals surface area contributed by atoms with Crippen LogP contribution in [0, 0.1) is 30.5 Å². The summed E-state index contributed by atoms with van der Waals surface area (Å²) in [6.45, 7) is 11.8. The van der Waals surface area contributed by atoms with Gasteiger partial charge < -0.3 is 19.9 Å². The van der Waals surface area contributed by atoms with Crippen molar-refractivity contribution in [3.05, 3.63) is 94.7 Å². The Morgan fingerprint density at radius 3 is 2.57 bits per heavy atom. The Morgan fingerprint density at radius 1 is 1.00 bits per heavy atom. The molecule has 0 spiro atoms. The summed E-state index contributed by atoms with van der Waals surface area (Å²) in [5, 5.41) is 3.73. The molecule has 3 heterocycles. The molecule has 7 rings (SSSR count). The fourth-order valence-electron chi connectivity index (χ4n) is 6.80. The van der Waals surface area contributed by atoms with Crippen LogP contribution in [0.5, 0.6) is 5.75 Å². The number of aromatic nitrogens is 2. The van der Waals surface area contributed by atoms with Gasteiger partial charge in [-0.2, -0.15) is 0 Å². The van der Waals surface area contributed by atoms with Crippen LogP contribution in [0.15, 0.2) is 76.9 Å². The second-order valence-corrected chi connectivity index (χ2v) is 13.0. The van der Waals surface area contributed by atoms with E-state index in [1.807, 2.05) is 19.1 Å². The van der Waals surface area contributed by atoms with Gasteiger partial charge in [0.1, 0.15) is 29.8 Å². The summed E-state index contributed by atoms with van der Waals surface area (Å²) in [7, 11) is 0. The van der Waals surface area contributed by atoms with Gasteiger partial charge in [-0.1, -0.05) is 38.1 Å². The van der Waals surface area contributed by atoms with Gasteiger partial charge in [-0.25, -0.2) is 14.4 Å². The zero-order chi connectivity index (χ0) is 30.4. The number of benzene rings is 3. The van der Waals surface area contributed by atoms with Crippen LogP contribution in [0.4, 0.5) is 4.39 Å². The first-order valence-electron chi connectivity index (χ1n) is 16.1. The Hall–Kier alpha value is -3.97. The number of amidine groups is 1. The van der Waals surface area contributed by atoms with Crippen molar-refractivity contribution in [2.45, 2.75) is 59.5 Å². The van der Waals surface area contributed by atoms with E-state index in [1.54, 1.807) is 12.1 Å². The zero-order valence-electron chi connectivity index (χ0n) is 26.2. The summed E-state index contributed by atoms with van der Waals surface area (Å²) < 4.78 is 20.2. The molecular formula is C37H42FN5O. The lowest BCUT2D eigenvalue weighted by Gasteiger charge is -2.34. The van der Waals surface area contributed by atoms with Crippen LogP contribution in [-0.2, 0) is 13.0 Å². The molecule has 228 valence electrons. The van der Waals surface area contributed by atoms with Gasteiger partial charge in [0.2, 0.25) is 0 Å². The third-order valence-electron chi connectivity index (χ3n) is 9.95. The number of aryl methyl sites for hydroxylation is 1. The van der Waals surface area contributed by atoms with Gasteiger partial charge in [0.15, 0.2) is 0 Å². The van der Waals surface area contributed by atoms with Gasteiger partial charge in [-0.3, -0.25) is 0 Å². The van der Waals surface area contributed by atoms with Crippen molar-refractivity contribution in [2.75, 3.05) is 19.7 Å². The summed E-state index contributed by atoms with van der Waals surface area (Å²) in [5.41, 5.74) is 9.15. The second-order valence-electron chi connectivity index (χ2n) is 13.0. The molecule has 0 bridgehead atoms. The maximum atomic E-state index is 13.8. The van der Waals surface area contributed by atoms with Gasteiger partial charge in [-0.05, 0) is 104 Å². The molecule has 0 amide bonds. The molecule has 44 heavy (non-hydrogen) atoms. The topological polar surface area (TPSA) is 65.5 Å². The third kappa shape index (κ3) is 5.90. The molecular weight excluding hydrogens is 549 g/mol. The van der Waals surface area contributed by atoms with E-state index in [1.165, 1.54) is 18.4 Å². The molecule has 3 atom stereocenters. The van der Waals surface area contributed by atoms with Gasteiger partial charge >= 0.3 is 0 Å². The molecule has 4 aromatic rings. The standard InChI is InChI=1S/C37H42FN5O/c1-22-23(2)32(17-26-5-9-30(38)10-6-26)37(42-35(24(22)3)20-39-31-11-12-31)43-15-16-44-36-14-8-27(18-29(36)21-43)28-7-13-33-34(19-28)41-25(4)40-33/h5-10,13-14,18-19,22-23,31-32,39H,11-12,15-17,20-21H2,1-4H3,(H,40,41). The highest BCUT2D eigenvalue weighted by molar-refractivity contribution is 5.87. The number of nitrogens with one attached hydrogen (secondary N) is 2. The normalized spacial score (nSPS) is 22.3. The number of hydrogen-bond acceptors (Lipinski definition) is 5. The molecule has 3 aliphatic rings. The number of rotatable bonds is 6. The van der Waals surface area contributed by atoms with Gasteiger partial charge in [0.05, 0.1) is 23.3 Å². The first-order valence-corrected chi connectivity index (χ1v) is 16.1. The van der Waals surface area contributed by atoms with E-state index in [4.69, 9.17) is 9.73 Å². The predicted molar refractivity (Wildman–Crippen MR) is 175 cm³/mol. The molecule has 1 aliphatic carbocycles. The zero-order valence-corrected chi connectivity index (χ0v) is 26.2. The minimum Gasteiger partial charge on any atom is -0.491 e. The first kappa shape index (κ1) is 28.8. The highest BCUT2D eigenvalue weighted by Gasteiger charge is 2.36. The molecule has 0 radical (unpaired) electrons. The molecule has 1 saturated carbocycles. The van der Waals surface area contributed by atoms with E-state index < -0.39 is 0 Å². The van der Waals surface area contributed by atoms with Crippen molar-refractivity contribution in [2.24, 2.45) is 22.7 Å². The van der Waals surface area contributed by atoms with Crippen molar-refractivity contribution < 1.29 is 9.13 Å².